The van der Waals surface area contributed by atoms with Crippen LogP contribution < -0.4 is 5.32 Å². The fourth-order valence-electron chi connectivity index (χ4n) is 2.64. The molecule has 1 N–H and O–H groups in total. The van der Waals surface area contributed by atoms with Crippen molar-refractivity contribution in [2.75, 3.05) is 26.2 Å². The summed E-state index contributed by atoms with van der Waals surface area (Å²) in [7, 11) is 0. The molecule has 3 nitrogen and oxygen atoms in total. The van der Waals surface area contributed by atoms with Crippen LogP contribution in [0.25, 0.3) is 0 Å². The Morgan fingerprint density at radius 3 is 2.60 bits per heavy atom. The van der Waals surface area contributed by atoms with Crippen molar-refractivity contribution in [3.05, 3.63) is 35.4 Å². The van der Waals surface area contributed by atoms with Crippen LogP contribution in [0, 0.1) is 6.92 Å². The molecule has 1 aromatic rings. The van der Waals surface area contributed by atoms with Gasteiger partial charge in [-0.05, 0) is 57.8 Å². The second-order valence-corrected chi connectivity index (χ2v) is 5.74. The van der Waals surface area contributed by atoms with Crippen LogP contribution in [-0.4, -0.2) is 37.0 Å². The highest BCUT2D eigenvalue weighted by atomic mass is 16.1. The molecule has 0 aliphatic carbocycles. The molecule has 0 unspecified atom stereocenters. The van der Waals surface area contributed by atoms with E-state index in [9.17, 15) is 4.79 Å². The Morgan fingerprint density at radius 1 is 1.20 bits per heavy atom. The van der Waals surface area contributed by atoms with E-state index >= 15 is 0 Å². The molecule has 0 spiro atoms. The first-order chi connectivity index (χ1) is 9.74. The Morgan fingerprint density at radius 2 is 1.90 bits per heavy atom. The van der Waals surface area contributed by atoms with Crippen molar-refractivity contribution in [3.8, 4) is 0 Å². The number of likely N-dealkylation sites (tertiary alicyclic amines) is 1. The molecule has 1 heterocycles. The quantitative estimate of drug-likeness (QED) is 0.775. The first-order valence-electron chi connectivity index (χ1n) is 7.78. The first kappa shape index (κ1) is 15.0. The summed E-state index contributed by atoms with van der Waals surface area (Å²) in [6.07, 6.45) is 5.16. The number of nitrogens with zero attached hydrogens (tertiary/aromatic N) is 1. The van der Waals surface area contributed by atoms with Gasteiger partial charge in [-0.25, -0.2) is 0 Å². The molecule has 1 fully saturated rings. The highest BCUT2D eigenvalue weighted by Gasteiger charge is 2.10. The summed E-state index contributed by atoms with van der Waals surface area (Å²) in [5, 5.41) is 3.02. The minimum Gasteiger partial charge on any atom is -0.356 e. The fraction of sp³-hybridized carbons (Fsp3) is 0.588. The largest absolute Gasteiger partial charge is 0.356 e. The minimum absolute atomic E-state index is 0.173. The lowest BCUT2D eigenvalue weighted by Crippen LogP contribution is -2.28. The van der Waals surface area contributed by atoms with E-state index in [0.717, 1.165) is 25.9 Å². The van der Waals surface area contributed by atoms with Crippen LogP contribution >= 0.6 is 0 Å². The number of hydrogen-bond acceptors (Lipinski definition) is 2. The van der Waals surface area contributed by atoms with E-state index in [4.69, 9.17) is 0 Å². The molecular weight excluding hydrogens is 248 g/mol. The molecule has 2 rings (SSSR count). The molecule has 0 saturated carbocycles. The lowest BCUT2D eigenvalue weighted by molar-refractivity contribution is -0.121. The SMILES string of the molecule is Cc1ccc(CCC(=O)NCCCN2CCCC2)cc1. The fourth-order valence-corrected chi connectivity index (χ4v) is 2.64. The molecule has 1 saturated heterocycles. The number of rotatable bonds is 7. The topological polar surface area (TPSA) is 32.3 Å². The third kappa shape index (κ3) is 5.33. The lowest BCUT2D eigenvalue weighted by Gasteiger charge is -2.14. The van der Waals surface area contributed by atoms with E-state index in [2.05, 4.69) is 41.4 Å². The van der Waals surface area contributed by atoms with Crippen molar-refractivity contribution < 1.29 is 4.79 Å². The number of aryl methyl sites for hydroxylation is 2. The molecule has 0 bridgehead atoms. The van der Waals surface area contributed by atoms with E-state index in [1.165, 1.54) is 37.1 Å². The zero-order chi connectivity index (χ0) is 14.2. The maximum atomic E-state index is 11.8. The predicted octanol–water partition coefficient (Wildman–Crippen LogP) is 2.53. The van der Waals surface area contributed by atoms with Crippen LogP contribution in [0.1, 0.15) is 36.8 Å². The van der Waals surface area contributed by atoms with Gasteiger partial charge < -0.3 is 10.2 Å². The highest BCUT2D eigenvalue weighted by molar-refractivity contribution is 5.76. The predicted molar refractivity (Wildman–Crippen MR) is 82.8 cm³/mol. The summed E-state index contributed by atoms with van der Waals surface area (Å²) in [5.74, 6) is 0.173. The third-order valence-electron chi connectivity index (χ3n) is 3.93. The molecular formula is C17H26N2O. The van der Waals surface area contributed by atoms with Gasteiger partial charge in [-0.2, -0.15) is 0 Å². The number of carbonyl (C=O) groups excluding carboxylic acids is 1. The van der Waals surface area contributed by atoms with Gasteiger partial charge in [0.15, 0.2) is 0 Å². The second kappa shape index (κ2) is 8.05. The minimum atomic E-state index is 0.173. The van der Waals surface area contributed by atoms with Crippen molar-refractivity contribution in [2.45, 2.75) is 39.0 Å². The Kier molecular flexibility index (Phi) is 6.06. The summed E-state index contributed by atoms with van der Waals surface area (Å²) in [5.41, 5.74) is 2.50. The first-order valence-corrected chi connectivity index (χ1v) is 7.78. The molecule has 1 aromatic carbocycles. The molecule has 1 aliphatic rings. The van der Waals surface area contributed by atoms with E-state index in [0.29, 0.717) is 6.42 Å². The molecule has 0 radical (unpaired) electrons. The monoisotopic (exact) mass is 274 g/mol. The van der Waals surface area contributed by atoms with Crippen LogP contribution in [0.2, 0.25) is 0 Å². The maximum Gasteiger partial charge on any atom is 0.220 e. The summed E-state index contributed by atoms with van der Waals surface area (Å²) in [6, 6.07) is 8.42. The standard InChI is InChI=1S/C17H26N2O/c1-15-5-7-16(8-6-15)9-10-17(20)18-11-4-14-19-12-2-3-13-19/h5-8H,2-4,9-14H2,1H3,(H,18,20). The van der Waals surface area contributed by atoms with Crippen molar-refractivity contribution in [1.82, 2.24) is 10.2 Å². The van der Waals surface area contributed by atoms with Gasteiger partial charge in [-0.3, -0.25) is 4.79 Å². The molecule has 0 atom stereocenters. The van der Waals surface area contributed by atoms with Gasteiger partial charge in [-0.15, -0.1) is 0 Å². The normalized spacial score (nSPS) is 15.4. The van der Waals surface area contributed by atoms with Gasteiger partial charge in [-0.1, -0.05) is 29.8 Å². The molecule has 20 heavy (non-hydrogen) atoms. The smallest absolute Gasteiger partial charge is 0.220 e. The van der Waals surface area contributed by atoms with E-state index in [1.54, 1.807) is 0 Å². The highest BCUT2D eigenvalue weighted by Crippen LogP contribution is 2.07. The summed E-state index contributed by atoms with van der Waals surface area (Å²) >= 11 is 0. The van der Waals surface area contributed by atoms with Crippen molar-refractivity contribution in [3.63, 3.8) is 0 Å². The van der Waals surface area contributed by atoms with Crippen molar-refractivity contribution in [2.24, 2.45) is 0 Å². The second-order valence-electron chi connectivity index (χ2n) is 5.74. The molecule has 0 aromatic heterocycles. The third-order valence-corrected chi connectivity index (χ3v) is 3.93. The van der Waals surface area contributed by atoms with Crippen LogP contribution in [-0.2, 0) is 11.2 Å². The van der Waals surface area contributed by atoms with Gasteiger partial charge in [0.1, 0.15) is 0 Å². The molecule has 110 valence electrons. The van der Waals surface area contributed by atoms with Gasteiger partial charge in [0.2, 0.25) is 5.91 Å². The van der Waals surface area contributed by atoms with E-state index < -0.39 is 0 Å². The van der Waals surface area contributed by atoms with Gasteiger partial charge >= 0.3 is 0 Å². The summed E-state index contributed by atoms with van der Waals surface area (Å²) in [4.78, 5) is 14.2. The Bertz CT molecular complexity index is 408. The number of hydrogen-bond donors (Lipinski definition) is 1. The average Bonchev–Trinajstić information content (AvgIpc) is 2.96. The van der Waals surface area contributed by atoms with Crippen molar-refractivity contribution in [1.29, 1.82) is 0 Å². The van der Waals surface area contributed by atoms with Gasteiger partial charge in [0.05, 0.1) is 0 Å². The molecule has 1 aliphatic heterocycles. The van der Waals surface area contributed by atoms with Crippen LogP contribution in [0.3, 0.4) is 0 Å². The maximum absolute atomic E-state index is 11.8. The van der Waals surface area contributed by atoms with E-state index in [1.807, 2.05) is 0 Å². The zero-order valence-corrected chi connectivity index (χ0v) is 12.5. The number of nitrogens with one attached hydrogen (secondary N) is 1. The molecule has 1 amide bonds. The average molecular weight is 274 g/mol. The number of carbonyl (C=O) groups is 1. The Labute approximate surface area is 122 Å². The Balaban J connectivity index is 1.54. The van der Waals surface area contributed by atoms with Crippen LogP contribution in [0.4, 0.5) is 0 Å². The molecule has 3 heteroatoms. The zero-order valence-electron chi connectivity index (χ0n) is 12.5. The number of amides is 1. The van der Waals surface area contributed by atoms with Gasteiger partial charge in [0.25, 0.3) is 0 Å². The van der Waals surface area contributed by atoms with E-state index in [-0.39, 0.29) is 5.91 Å². The summed E-state index contributed by atoms with van der Waals surface area (Å²) in [6.45, 7) is 6.49. The number of benzene rings is 1. The lowest BCUT2D eigenvalue weighted by atomic mass is 10.1. The Hall–Kier alpha value is -1.35. The van der Waals surface area contributed by atoms with Crippen molar-refractivity contribution >= 4 is 5.91 Å². The van der Waals surface area contributed by atoms with Gasteiger partial charge in [0, 0.05) is 13.0 Å². The van der Waals surface area contributed by atoms with Crippen LogP contribution in [0.5, 0.6) is 0 Å². The summed E-state index contributed by atoms with van der Waals surface area (Å²) < 4.78 is 0. The van der Waals surface area contributed by atoms with Crippen LogP contribution in [0.15, 0.2) is 24.3 Å².